The molecule has 0 bridgehead atoms. The Balaban J connectivity index is 1.77. The molecule has 1 aromatic heterocycles. The van der Waals surface area contributed by atoms with Gasteiger partial charge < -0.3 is 14.7 Å². The fourth-order valence-corrected chi connectivity index (χ4v) is 3.43. The molecule has 130 valence electrons. The van der Waals surface area contributed by atoms with Crippen LogP contribution in [0.25, 0.3) is 0 Å². The zero-order chi connectivity index (χ0) is 18.0. The van der Waals surface area contributed by atoms with Crippen molar-refractivity contribution in [1.82, 2.24) is 9.97 Å². The number of benzene rings is 1. The molecular formula is C18H21BrN6. The van der Waals surface area contributed by atoms with Crippen LogP contribution in [0.5, 0.6) is 0 Å². The van der Waals surface area contributed by atoms with Gasteiger partial charge in [-0.2, -0.15) is 10.2 Å². The maximum Gasteiger partial charge on any atom is 0.227 e. The van der Waals surface area contributed by atoms with Gasteiger partial charge in [-0.25, -0.2) is 4.98 Å². The predicted molar refractivity (Wildman–Crippen MR) is 104 cm³/mol. The highest BCUT2D eigenvalue weighted by molar-refractivity contribution is 9.10. The van der Waals surface area contributed by atoms with E-state index in [0.29, 0.717) is 11.6 Å². The number of rotatable bonds is 4. The van der Waals surface area contributed by atoms with E-state index in [9.17, 15) is 5.26 Å². The van der Waals surface area contributed by atoms with Gasteiger partial charge in [0.1, 0.15) is 11.9 Å². The molecule has 1 unspecified atom stereocenters. The monoisotopic (exact) mass is 400 g/mol. The van der Waals surface area contributed by atoms with Crippen LogP contribution in [-0.2, 0) is 0 Å². The molecule has 1 aliphatic heterocycles. The highest BCUT2D eigenvalue weighted by Crippen LogP contribution is 2.29. The van der Waals surface area contributed by atoms with Crippen molar-refractivity contribution < 1.29 is 0 Å². The Morgan fingerprint density at radius 2 is 2.08 bits per heavy atom. The van der Waals surface area contributed by atoms with E-state index in [4.69, 9.17) is 0 Å². The van der Waals surface area contributed by atoms with Crippen molar-refractivity contribution in [2.75, 3.05) is 48.9 Å². The van der Waals surface area contributed by atoms with Crippen LogP contribution in [0.1, 0.15) is 12.0 Å². The van der Waals surface area contributed by atoms with Gasteiger partial charge in [-0.15, -0.1) is 0 Å². The molecule has 2 aromatic rings. The number of likely N-dealkylation sites (N-methyl/N-ethyl adjacent to an activating group) is 1. The Kier molecular flexibility index (Phi) is 5.09. The van der Waals surface area contributed by atoms with E-state index >= 15 is 0 Å². The van der Waals surface area contributed by atoms with Crippen LogP contribution in [-0.4, -0.2) is 50.2 Å². The smallest absolute Gasteiger partial charge is 0.227 e. The summed E-state index contributed by atoms with van der Waals surface area (Å²) in [5.74, 6) is 1.63. The van der Waals surface area contributed by atoms with Crippen molar-refractivity contribution >= 4 is 33.4 Å². The Morgan fingerprint density at radius 3 is 2.80 bits per heavy atom. The van der Waals surface area contributed by atoms with E-state index in [1.165, 1.54) is 0 Å². The Bertz CT molecular complexity index is 800. The predicted octanol–water partition coefficient (Wildman–Crippen LogP) is 2.89. The molecule has 0 spiro atoms. The first kappa shape index (κ1) is 17.5. The Hall–Kier alpha value is -2.33. The van der Waals surface area contributed by atoms with Gasteiger partial charge in [-0.3, -0.25) is 0 Å². The molecule has 3 rings (SSSR count). The molecule has 7 heteroatoms. The lowest BCUT2D eigenvalue weighted by molar-refractivity contribution is 0.674. The first-order chi connectivity index (χ1) is 12.0. The van der Waals surface area contributed by atoms with Gasteiger partial charge in [0, 0.05) is 44.9 Å². The van der Waals surface area contributed by atoms with Gasteiger partial charge in [0.05, 0.1) is 17.3 Å². The van der Waals surface area contributed by atoms with Crippen molar-refractivity contribution in [2.45, 2.75) is 12.5 Å². The zero-order valence-corrected chi connectivity index (χ0v) is 16.2. The van der Waals surface area contributed by atoms with E-state index in [2.05, 4.69) is 41.8 Å². The van der Waals surface area contributed by atoms with Gasteiger partial charge in [-0.1, -0.05) is 15.9 Å². The molecule has 6 nitrogen and oxygen atoms in total. The van der Waals surface area contributed by atoms with E-state index < -0.39 is 0 Å². The molecular weight excluding hydrogens is 380 g/mol. The van der Waals surface area contributed by atoms with Crippen LogP contribution in [0.2, 0.25) is 0 Å². The molecule has 0 amide bonds. The number of hydrogen-bond acceptors (Lipinski definition) is 6. The number of nitrogens with zero attached hydrogens (tertiary/aromatic N) is 6. The zero-order valence-electron chi connectivity index (χ0n) is 14.6. The van der Waals surface area contributed by atoms with Crippen molar-refractivity contribution in [3.05, 3.63) is 40.5 Å². The second-order valence-electron chi connectivity index (χ2n) is 6.38. The van der Waals surface area contributed by atoms with Gasteiger partial charge in [0.25, 0.3) is 0 Å². The van der Waals surface area contributed by atoms with Crippen LogP contribution in [0.15, 0.2) is 34.9 Å². The van der Waals surface area contributed by atoms with E-state index in [0.717, 1.165) is 41.4 Å². The topological polar surface area (TPSA) is 59.3 Å². The third kappa shape index (κ3) is 3.69. The summed E-state index contributed by atoms with van der Waals surface area (Å²) in [6.07, 6.45) is 2.80. The quantitative estimate of drug-likeness (QED) is 0.786. The van der Waals surface area contributed by atoms with Crippen LogP contribution in [0.4, 0.5) is 17.5 Å². The number of anilines is 3. The first-order valence-electron chi connectivity index (χ1n) is 8.17. The maximum absolute atomic E-state index is 9.41. The van der Waals surface area contributed by atoms with Gasteiger partial charge >= 0.3 is 0 Å². The molecule has 0 saturated carbocycles. The molecule has 1 saturated heterocycles. The summed E-state index contributed by atoms with van der Waals surface area (Å²) in [4.78, 5) is 15.4. The van der Waals surface area contributed by atoms with Crippen LogP contribution < -0.4 is 14.7 Å². The summed E-state index contributed by atoms with van der Waals surface area (Å²) < 4.78 is 0.926. The van der Waals surface area contributed by atoms with Crippen molar-refractivity contribution in [2.24, 2.45) is 0 Å². The largest absolute Gasteiger partial charge is 0.368 e. The SMILES string of the molecule is CN(C)c1ccnc(N(C)C2CCN(c3ccc(Br)cc3C#N)C2)n1. The molecule has 1 fully saturated rings. The van der Waals surface area contributed by atoms with Gasteiger partial charge in [-0.05, 0) is 30.7 Å². The standard InChI is InChI=1S/C18H21BrN6/c1-23(2)17-6-8-21-18(22-17)24(3)15-7-9-25(12-15)16-5-4-14(19)10-13(16)11-20/h4-6,8,10,15H,7,9,12H2,1-3H3. The normalized spacial score (nSPS) is 16.6. The molecule has 25 heavy (non-hydrogen) atoms. The molecule has 1 aromatic carbocycles. The van der Waals surface area contributed by atoms with Crippen LogP contribution >= 0.6 is 15.9 Å². The van der Waals surface area contributed by atoms with E-state index in [-0.39, 0.29) is 0 Å². The minimum atomic E-state index is 0.313. The lowest BCUT2D eigenvalue weighted by Gasteiger charge is -2.26. The summed E-state index contributed by atoms with van der Waals surface area (Å²) in [7, 11) is 5.98. The molecule has 0 N–H and O–H groups in total. The third-order valence-electron chi connectivity index (χ3n) is 4.53. The number of nitriles is 1. The number of halogens is 1. The van der Waals surface area contributed by atoms with Gasteiger partial charge in [0.15, 0.2) is 0 Å². The van der Waals surface area contributed by atoms with Gasteiger partial charge in [0.2, 0.25) is 5.95 Å². The van der Waals surface area contributed by atoms with E-state index in [1.807, 2.05) is 50.3 Å². The number of hydrogen-bond donors (Lipinski definition) is 0. The maximum atomic E-state index is 9.41. The minimum Gasteiger partial charge on any atom is -0.368 e. The molecule has 2 heterocycles. The lowest BCUT2D eigenvalue weighted by Crippen LogP contribution is -2.36. The summed E-state index contributed by atoms with van der Waals surface area (Å²) in [5, 5.41) is 9.41. The summed E-state index contributed by atoms with van der Waals surface area (Å²) >= 11 is 3.43. The fraction of sp³-hybridized carbons (Fsp3) is 0.389. The summed E-state index contributed by atoms with van der Waals surface area (Å²) in [5.41, 5.74) is 1.69. The third-order valence-corrected chi connectivity index (χ3v) is 5.03. The van der Waals surface area contributed by atoms with Crippen LogP contribution in [0, 0.1) is 11.3 Å². The highest BCUT2D eigenvalue weighted by Gasteiger charge is 2.28. The molecule has 0 aliphatic carbocycles. The summed E-state index contributed by atoms with van der Waals surface area (Å²) in [6, 6.07) is 10.4. The minimum absolute atomic E-state index is 0.313. The molecule has 1 aliphatic rings. The summed E-state index contributed by atoms with van der Waals surface area (Å²) in [6.45, 7) is 1.76. The van der Waals surface area contributed by atoms with Crippen molar-refractivity contribution in [3.8, 4) is 6.07 Å². The second-order valence-corrected chi connectivity index (χ2v) is 7.30. The molecule has 0 radical (unpaired) electrons. The van der Waals surface area contributed by atoms with Crippen molar-refractivity contribution in [1.29, 1.82) is 5.26 Å². The highest BCUT2D eigenvalue weighted by atomic mass is 79.9. The Morgan fingerprint density at radius 1 is 1.28 bits per heavy atom. The van der Waals surface area contributed by atoms with Crippen molar-refractivity contribution in [3.63, 3.8) is 0 Å². The fourth-order valence-electron chi connectivity index (χ4n) is 3.07. The lowest BCUT2D eigenvalue weighted by atomic mass is 10.2. The Labute approximate surface area is 156 Å². The van der Waals surface area contributed by atoms with Crippen LogP contribution in [0.3, 0.4) is 0 Å². The molecule has 1 atom stereocenters. The average molecular weight is 401 g/mol. The number of aromatic nitrogens is 2. The average Bonchev–Trinajstić information content (AvgIpc) is 3.10. The van der Waals surface area contributed by atoms with E-state index in [1.54, 1.807) is 6.20 Å². The first-order valence-corrected chi connectivity index (χ1v) is 8.96. The second kappa shape index (κ2) is 7.28.